The van der Waals surface area contributed by atoms with Crippen LogP contribution in [0.5, 0.6) is 5.75 Å². The van der Waals surface area contributed by atoms with E-state index in [0.29, 0.717) is 44.1 Å². The lowest BCUT2D eigenvalue weighted by atomic mass is 9.97. The highest BCUT2D eigenvalue weighted by atomic mass is 35.5. The van der Waals surface area contributed by atoms with Crippen molar-refractivity contribution in [3.8, 4) is 5.75 Å². The molecule has 1 fully saturated rings. The third kappa shape index (κ3) is 5.11. The molecule has 1 amide bonds. The fraction of sp³-hybridized carbons (Fsp3) is 0.611. The molecule has 1 N–H and O–H groups in total. The van der Waals surface area contributed by atoms with Crippen molar-refractivity contribution in [2.75, 3.05) is 26.7 Å². The zero-order chi connectivity index (χ0) is 19.3. The number of carbonyl (C=O) groups excluding carboxylic acids is 1. The summed E-state index contributed by atoms with van der Waals surface area (Å²) in [6.07, 6.45) is 1.99. The summed E-state index contributed by atoms with van der Waals surface area (Å²) in [5, 5.41) is 3.21. The first kappa shape index (κ1) is 21.0. The average molecular weight is 403 g/mol. The van der Waals surface area contributed by atoms with Gasteiger partial charge in [0.2, 0.25) is 15.9 Å². The number of hydrogen-bond donors (Lipinski definition) is 1. The smallest absolute Gasteiger partial charge is 0.243 e. The van der Waals surface area contributed by atoms with E-state index < -0.39 is 10.0 Å². The van der Waals surface area contributed by atoms with Gasteiger partial charge in [0.1, 0.15) is 5.75 Å². The Morgan fingerprint density at radius 1 is 1.35 bits per heavy atom. The van der Waals surface area contributed by atoms with Crippen LogP contribution in [0.15, 0.2) is 23.1 Å². The maximum absolute atomic E-state index is 12.8. The number of carbonyl (C=O) groups is 1. The van der Waals surface area contributed by atoms with Crippen LogP contribution in [0.2, 0.25) is 5.02 Å². The molecule has 1 aromatic carbocycles. The number of piperidine rings is 1. The Morgan fingerprint density at radius 3 is 2.54 bits per heavy atom. The lowest BCUT2D eigenvalue weighted by Crippen LogP contribution is -2.43. The van der Waals surface area contributed by atoms with Gasteiger partial charge < -0.3 is 10.1 Å². The van der Waals surface area contributed by atoms with E-state index in [1.54, 1.807) is 6.07 Å². The molecule has 146 valence electrons. The molecule has 0 bridgehead atoms. The topological polar surface area (TPSA) is 75.7 Å². The maximum Gasteiger partial charge on any atom is 0.243 e. The van der Waals surface area contributed by atoms with Crippen LogP contribution in [0, 0.1) is 11.8 Å². The molecule has 0 aliphatic carbocycles. The molecule has 1 saturated heterocycles. The number of methoxy groups -OCH3 is 1. The Hall–Kier alpha value is -1.31. The number of benzene rings is 1. The van der Waals surface area contributed by atoms with Gasteiger partial charge in [-0.15, -0.1) is 0 Å². The summed E-state index contributed by atoms with van der Waals surface area (Å²) in [4.78, 5) is 12.4. The number of amides is 1. The summed E-state index contributed by atoms with van der Waals surface area (Å²) in [6, 6.07) is 4.44. The fourth-order valence-corrected chi connectivity index (χ4v) is 4.76. The van der Waals surface area contributed by atoms with Gasteiger partial charge in [-0.1, -0.05) is 25.4 Å². The van der Waals surface area contributed by atoms with Crippen molar-refractivity contribution in [2.24, 2.45) is 11.8 Å². The number of rotatable bonds is 7. The second-order valence-corrected chi connectivity index (χ2v) is 9.29. The second-order valence-electron chi connectivity index (χ2n) is 6.95. The standard InChI is InChI=1S/C18H27ClN2O4S/c1-13(2)6-9-20-18(22)14-7-10-21(11-8-14)26(23,24)15-4-5-17(25-3)16(19)12-15/h4-5,12-14H,6-11H2,1-3H3,(H,20,22). The first-order chi connectivity index (χ1) is 12.3. The number of nitrogens with zero attached hydrogens (tertiary/aromatic N) is 1. The van der Waals surface area contributed by atoms with Crippen LogP contribution in [-0.2, 0) is 14.8 Å². The highest BCUT2D eigenvalue weighted by Crippen LogP contribution is 2.30. The number of hydrogen-bond acceptors (Lipinski definition) is 4. The minimum Gasteiger partial charge on any atom is -0.495 e. The lowest BCUT2D eigenvalue weighted by molar-refractivity contribution is -0.126. The van der Waals surface area contributed by atoms with Crippen molar-refractivity contribution < 1.29 is 17.9 Å². The Bertz CT molecular complexity index is 729. The van der Waals surface area contributed by atoms with Crippen molar-refractivity contribution in [3.05, 3.63) is 23.2 Å². The van der Waals surface area contributed by atoms with Gasteiger partial charge in [0.05, 0.1) is 17.0 Å². The summed E-state index contributed by atoms with van der Waals surface area (Å²) in [5.41, 5.74) is 0. The predicted octanol–water partition coefficient (Wildman–Crippen LogP) is 2.91. The highest BCUT2D eigenvalue weighted by molar-refractivity contribution is 7.89. The quantitative estimate of drug-likeness (QED) is 0.760. The molecule has 1 heterocycles. The molecule has 8 heteroatoms. The van der Waals surface area contributed by atoms with Crippen LogP contribution >= 0.6 is 11.6 Å². The number of ether oxygens (including phenoxy) is 1. The third-order valence-corrected chi connectivity index (χ3v) is 6.80. The monoisotopic (exact) mass is 402 g/mol. The predicted molar refractivity (Wildman–Crippen MR) is 102 cm³/mol. The van der Waals surface area contributed by atoms with Gasteiger partial charge in [0, 0.05) is 25.6 Å². The SMILES string of the molecule is COc1ccc(S(=O)(=O)N2CCC(C(=O)NCCC(C)C)CC2)cc1Cl. The Kier molecular flexibility index (Phi) is 7.32. The van der Waals surface area contributed by atoms with Gasteiger partial charge >= 0.3 is 0 Å². The van der Waals surface area contributed by atoms with Crippen LogP contribution in [0.1, 0.15) is 33.1 Å². The van der Waals surface area contributed by atoms with Gasteiger partial charge in [-0.05, 0) is 43.4 Å². The summed E-state index contributed by atoms with van der Waals surface area (Å²) >= 11 is 6.05. The van der Waals surface area contributed by atoms with E-state index >= 15 is 0 Å². The molecule has 0 aromatic heterocycles. The molecule has 1 aliphatic heterocycles. The summed E-state index contributed by atoms with van der Waals surface area (Å²) in [7, 11) is -2.15. The summed E-state index contributed by atoms with van der Waals surface area (Å²) in [5.74, 6) is 0.865. The fourth-order valence-electron chi connectivity index (χ4n) is 2.94. The van der Waals surface area contributed by atoms with Crippen LogP contribution in [-0.4, -0.2) is 45.4 Å². The molecule has 0 spiro atoms. The van der Waals surface area contributed by atoms with Gasteiger partial charge in [-0.2, -0.15) is 4.31 Å². The van der Waals surface area contributed by atoms with Gasteiger partial charge in [-0.3, -0.25) is 4.79 Å². The molecule has 0 atom stereocenters. The number of nitrogens with one attached hydrogen (secondary N) is 1. The molecule has 1 aliphatic rings. The number of halogens is 1. The van der Waals surface area contributed by atoms with Crippen LogP contribution in [0.3, 0.4) is 0 Å². The van der Waals surface area contributed by atoms with Crippen LogP contribution < -0.4 is 10.1 Å². The molecule has 26 heavy (non-hydrogen) atoms. The summed E-state index contributed by atoms with van der Waals surface area (Å²) < 4.78 is 32.1. The van der Waals surface area contributed by atoms with Crippen molar-refractivity contribution in [1.82, 2.24) is 9.62 Å². The molecule has 0 saturated carbocycles. The third-order valence-electron chi connectivity index (χ3n) is 4.61. The normalized spacial score (nSPS) is 16.7. The Balaban J connectivity index is 1.96. The Labute approximate surface area is 160 Å². The van der Waals surface area contributed by atoms with Crippen molar-refractivity contribution in [1.29, 1.82) is 0 Å². The first-order valence-electron chi connectivity index (χ1n) is 8.87. The first-order valence-corrected chi connectivity index (χ1v) is 10.7. The van der Waals surface area contributed by atoms with E-state index in [9.17, 15) is 13.2 Å². The van der Waals surface area contributed by atoms with E-state index in [1.807, 2.05) is 0 Å². The zero-order valence-corrected chi connectivity index (χ0v) is 17.1. The van der Waals surface area contributed by atoms with Gasteiger partial charge in [0.25, 0.3) is 0 Å². The second kappa shape index (κ2) is 9.06. The summed E-state index contributed by atoms with van der Waals surface area (Å²) in [6.45, 7) is 5.55. The van der Waals surface area contributed by atoms with Crippen molar-refractivity contribution >= 4 is 27.5 Å². The van der Waals surface area contributed by atoms with Crippen molar-refractivity contribution in [2.45, 2.75) is 38.0 Å². The van der Waals surface area contributed by atoms with E-state index in [4.69, 9.17) is 16.3 Å². The molecule has 1 aromatic rings. The van der Waals surface area contributed by atoms with E-state index in [0.717, 1.165) is 6.42 Å². The average Bonchev–Trinajstić information content (AvgIpc) is 2.61. The minimum atomic E-state index is -3.63. The number of sulfonamides is 1. The molecule has 6 nitrogen and oxygen atoms in total. The molecular formula is C18H27ClN2O4S. The largest absolute Gasteiger partial charge is 0.495 e. The van der Waals surface area contributed by atoms with Gasteiger partial charge in [-0.25, -0.2) is 8.42 Å². The van der Waals surface area contributed by atoms with Crippen LogP contribution in [0.4, 0.5) is 0 Å². The van der Waals surface area contributed by atoms with E-state index in [-0.39, 0.29) is 21.7 Å². The van der Waals surface area contributed by atoms with Crippen molar-refractivity contribution in [3.63, 3.8) is 0 Å². The van der Waals surface area contributed by atoms with E-state index in [1.165, 1.54) is 23.5 Å². The van der Waals surface area contributed by atoms with Crippen LogP contribution in [0.25, 0.3) is 0 Å². The van der Waals surface area contributed by atoms with E-state index in [2.05, 4.69) is 19.2 Å². The van der Waals surface area contributed by atoms with Gasteiger partial charge in [0.15, 0.2) is 0 Å². The molecule has 0 radical (unpaired) electrons. The molecular weight excluding hydrogens is 376 g/mol. The lowest BCUT2D eigenvalue weighted by Gasteiger charge is -2.30. The highest BCUT2D eigenvalue weighted by Gasteiger charge is 2.32. The minimum absolute atomic E-state index is 0.0233. The Morgan fingerprint density at radius 2 is 2.00 bits per heavy atom. The molecule has 2 rings (SSSR count). The maximum atomic E-state index is 12.8. The zero-order valence-electron chi connectivity index (χ0n) is 15.5. The molecule has 0 unspecified atom stereocenters.